The smallest absolute Gasteiger partial charge is 0.155 e. The van der Waals surface area contributed by atoms with E-state index >= 15 is 0 Å². The first kappa shape index (κ1) is 19.9. The average molecular weight is 405 g/mol. The van der Waals surface area contributed by atoms with Gasteiger partial charge in [0.2, 0.25) is 0 Å². The van der Waals surface area contributed by atoms with Crippen LogP contribution < -0.4 is 0 Å². The van der Waals surface area contributed by atoms with Crippen LogP contribution in [0.5, 0.6) is 5.75 Å². The van der Waals surface area contributed by atoms with Crippen molar-refractivity contribution in [3.8, 4) is 17.6 Å². The quantitative estimate of drug-likeness (QED) is 0.607. The van der Waals surface area contributed by atoms with Gasteiger partial charge in [-0.2, -0.15) is 0 Å². The number of carbonyl (C=O) groups is 1. The molecular weight excluding hydrogens is 372 g/mol. The van der Waals surface area contributed by atoms with E-state index in [9.17, 15) is 15.0 Å². The molecule has 0 saturated heterocycles. The zero-order chi connectivity index (χ0) is 21.1. The summed E-state index contributed by atoms with van der Waals surface area (Å²) in [6.45, 7) is 4.63. The first-order valence-electron chi connectivity index (χ1n) is 11.6. The molecule has 4 aliphatic rings. The van der Waals surface area contributed by atoms with Gasteiger partial charge in [-0.1, -0.05) is 31.3 Å². The van der Waals surface area contributed by atoms with Crippen molar-refractivity contribution < 1.29 is 15.0 Å². The number of ketones is 1. The van der Waals surface area contributed by atoms with Crippen molar-refractivity contribution in [3.63, 3.8) is 0 Å². The number of hydrogen-bond donors (Lipinski definition) is 2. The van der Waals surface area contributed by atoms with E-state index in [1.54, 1.807) is 24.3 Å². The van der Waals surface area contributed by atoms with Crippen LogP contribution in [0.4, 0.5) is 0 Å². The average Bonchev–Trinajstić information content (AvgIpc) is 2.98. The van der Waals surface area contributed by atoms with Crippen molar-refractivity contribution in [1.82, 2.24) is 0 Å². The largest absolute Gasteiger partial charge is 0.508 e. The Bertz CT molecular complexity index is 949. The van der Waals surface area contributed by atoms with Crippen molar-refractivity contribution in [2.45, 2.75) is 64.4 Å². The van der Waals surface area contributed by atoms with Crippen LogP contribution in [0.3, 0.4) is 0 Å². The summed E-state index contributed by atoms with van der Waals surface area (Å²) in [6.07, 6.45) is 8.63. The van der Waals surface area contributed by atoms with Crippen molar-refractivity contribution in [2.24, 2.45) is 35.0 Å². The normalized spacial score (nSPS) is 42.3. The summed E-state index contributed by atoms with van der Waals surface area (Å²) in [6, 6.07) is 6.89. The molecule has 3 heteroatoms. The van der Waals surface area contributed by atoms with Gasteiger partial charge in [0.05, 0.1) is 0 Å². The molecule has 1 aromatic rings. The monoisotopic (exact) mass is 404 g/mol. The minimum Gasteiger partial charge on any atom is -0.508 e. The predicted octanol–water partition coefficient (Wildman–Crippen LogP) is 4.86. The van der Waals surface area contributed by atoms with Crippen LogP contribution in [0.1, 0.15) is 64.4 Å². The first-order chi connectivity index (χ1) is 14.3. The van der Waals surface area contributed by atoms with Gasteiger partial charge in [-0.25, -0.2) is 0 Å². The number of aromatic hydroxyl groups is 1. The lowest BCUT2D eigenvalue weighted by atomic mass is 9.48. The van der Waals surface area contributed by atoms with E-state index in [1.165, 1.54) is 5.57 Å². The number of hydrogen-bond acceptors (Lipinski definition) is 3. The summed E-state index contributed by atoms with van der Waals surface area (Å²) >= 11 is 0. The van der Waals surface area contributed by atoms with Crippen LogP contribution in [-0.4, -0.2) is 21.6 Å². The molecule has 3 saturated carbocycles. The Labute approximate surface area is 179 Å². The van der Waals surface area contributed by atoms with Gasteiger partial charge in [-0.05, 0) is 98.5 Å². The summed E-state index contributed by atoms with van der Waals surface area (Å²) < 4.78 is 0. The first-order valence-corrected chi connectivity index (χ1v) is 11.6. The number of fused-ring (bicyclic) bond motifs is 5. The molecule has 0 amide bonds. The highest BCUT2D eigenvalue weighted by atomic mass is 16.3. The van der Waals surface area contributed by atoms with E-state index in [2.05, 4.69) is 25.7 Å². The Morgan fingerprint density at radius 2 is 1.87 bits per heavy atom. The fraction of sp³-hybridized carbons (Fsp3) is 0.593. The maximum atomic E-state index is 12.0. The Morgan fingerprint density at radius 1 is 1.10 bits per heavy atom. The van der Waals surface area contributed by atoms with Crippen LogP contribution in [-0.2, 0) is 4.79 Å². The zero-order valence-corrected chi connectivity index (χ0v) is 18.0. The Kier molecular flexibility index (Phi) is 4.63. The molecule has 7 atom stereocenters. The van der Waals surface area contributed by atoms with E-state index < -0.39 is 5.60 Å². The van der Waals surface area contributed by atoms with Gasteiger partial charge in [0.1, 0.15) is 11.4 Å². The predicted molar refractivity (Wildman–Crippen MR) is 117 cm³/mol. The molecule has 0 radical (unpaired) electrons. The second-order valence-electron chi connectivity index (χ2n) is 10.5. The molecule has 0 bridgehead atoms. The minimum atomic E-state index is -0.959. The summed E-state index contributed by atoms with van der Waals surface area (Å²) in [7, 11) is 0. The fourth-order valence-electron chi connectivity index (χ4n) is 7.53. The van der Waals surface area contributed by atoms with Crippen LogP contribution in [0.15, 0.2) is 35.9 Å². The van der Waals surface area contributed by atoms with Crippen molar-refractivity contribution in [1.29, 1.82) is 0 Å². The molecule has 3 nitrogen and oxygen atoms in total. The number of benzene rings is 1. The third-order valence-corrected chi connectivity index (χ3v) is 9.07. The molecule has 0 heterocycles. The SMILES string of the molecule is CC1CC2=CC(=O)CCC2C2CC[C@@]3(C)C(CC[C@@]3(O)C#Cc3ccc(O)cc3)C12. The third kappa shape index (κ3) is 2.95. The highest BCUT2D eigenvalue weighted by Gasteiger charge is 2.63. The molecule has 0 aromatic heterocycles. The molecule has 1 aromatic carbocycles. The number of allylic oxidation sites excluding steroid dienone is 1. The van der Waals surface area contributed by atoms with Gasteiger partial charge < -0.3 is 10.2 Å². The summed E-state index contributed by atoms with van der Waals surface area (Å²) in [5.74, 6) is 9.89. The molecule has 5 rings (SSSR count). The number of phenolic OH excluding ortho intramolecular Hbond substituents is 1. The lowest BCUT2D eigenvalue weighted by Crippen LogP contribution is -2.54. The van der Waals surface area contributed by atoms with E-state index in [-0.39, 0.29) is 11.2 Å². The van der Waals surface area contributed by atoms with E-state index in [0.29, 0.717) is 41.8 Å². The van der Waals surface area contributed by atoms with Crippen LogP contribution in [0.25, 0.3) is 0 Å². The fourth-order valence-corrected chi connectivity index (χ4v) is 7.53. The second-order valence-corrected chi connectivity index (χ2v) is 10.5. The number of phenols is 1. The van der Waals surface area contributed by atoms with Gasteiger partial charge in [0.15, 0.2) is 5.78 Å². The third-order valence-electron chi connectivity index (χ3n) is 9.07. The van der Waals surface area contributed by atoms with Gasteiger partial charge in [-0.15, -0.1) is 0 Å². The van der Waals surface area contributed by atoms with Crippen LogP contribution >= 0.6 is 0 Å². The molecule has 158 valence electrons. The Hall–Kier alpha value is -2.05. The molecule has 0 spiro atoms. The molecule has 0 aliphatic heterocycles. The summed E-state index contributed by atoms with van der Waals surface area (Å²) in [5, 5.41) is 21.2. The lowest BCUT2D eigenvalue weighted by Gasteiger charge is -2.56. The van der Waals surface area contributed by atoms with Crippen molar-refractivity contribution in [3.05, 3.63) is 41.5 Å². The van der Waals surface area contributed by atoms with Gasteiger partial charge in [0.25, 0.3) is 0 Å². The summed E-state index contributed by atoms with van der Waals surface area (Å²) in [4.78, 5) is 12.0. The standard InChI is InChI=1S/C27H32O3/c1-17-15-19-16-21(29)7-8-22(19)23-10-12-26(2)24(25(17)23)11-14-27(26,30)13-9-18-3-5-20(28)6-4-18/h3-6,16-17,22-25,28,30H,7-8,10-12,14-15H2,1-2H3/t17?,22?,23?,24?,25?,26-,27-/m0/s1. The molecule has 3 fully saturated rings. The van der Waals surface area contributed by atoms with E-state index in [4.69, 9.17) is 0 Å². The number of aliphatic hydroxyl groups is 1. The molecular formula is C27H32O3. The highest BCUT2D eigenvalue weighted by molar-refractivity contribution is 5.91. The number of carbonyl (C=O) groups excluding carboxylic acids is 1. The maximum Gasteiger partial charge on any atom is 0.155 e. The Balaban J connectivity index is 1.44. The lowest BCUT2D eigenvalue weighted by molar-refractivity contribution is -0.117. The van der Waals surface area contributed by atoms with Gasteiger partial charge in [-0.3, -0.25) is 4.79 Å². The van der Waals surface area contributed by atoms with Crippen molar-refractivity contribution in [2.75, 3.05) is 0 Å². The van der Waals surface area contributed by atoms with Crippen LogP contribution in [0.2, 0.25) is 0 Å². The molecule has 2 N–H and O–H groups in total. The van der Waals surface area contributed by atoms with Crippen LogP contribution in [0, 0.1) is 46.8 Å². The maximum absolute atomic E-state index is 12.0. The Morgan fingerprint density at radius 3 is 2.63 bits per heavy atom. The topological polar surface area (TPSA) is 57.5 Å². The van der Waals surface area contributed by atoms with E-state index in [0.717, 1.165) is 44.1 Å². The van der Waals surface area contributed by atoms with Gasteiger partial charge >= 0.3 is 0 Å². The van der Waals surface area contributed by atoms with E-state index in [1.807, 2.05) is 6.08 Å². The van der Waals surface area contributed by atoms with Gasteiger partial charge in [0, 0.05) is 17.4 Å². The molecule has 30 heavy (non-hydrogen) atoms. The minimum absolute atomic E-state index is 0.182. The summed E-state index contributed by atoms with van der Waals surface area (Å²) in [5.41, 5.74) is 1.09. The van der Waals surface area contributed by atoms with Crippen molar-refractivity contribution >= 4 is 5.78 Å². The zero-order valence-electron chi connectivity index (χ0n) is 18.0. The second kappa shape index (κ2) is 6.99. The highest BCUT2D eigenvalue weighted by Crippen LogP contribution is 2.65. The molecule has 5 unspecified atom stereocenters. The number of rotatable bonds is 0. The molecule has 4 aliphatic carbocycles.